The van der Waals surface area contributed by atoms with Crippen molar-refractivity contribution in [3.8, 4) is 0 Å². The van der Waals surface area contributed by atoms with Crippen LogP contribution in [0.3, 0.4) is 0 Å². The Balaban J connectivity index is 2.54. The van der Waals surface area contributed by atoms with Gasteiger partial charge < -0.3 is 0 Å². The van der Waals surface area contributed by atoms with Gasteiger partial charge >= 0.3 is 0 Å². The van der Waals surface area contributed by atoms with Crippen LogP contribution in [0, 0.1) is 0 Å². The van der Waals surface area contributed by atoms with E-state index in [1.165, 1.54) is 18.2 Å². The second-order valence-electron chi connectivity index (χ2n) is 2.41. The summed E-state index contributed by atoms with van der Waals surface area (Å²) in [6.45, 7) is 0. The number of likely N-dealkylation sites (N-methyl/N-ethyl adjacent to an activating group) is 1. The number of hydrogen-bond acceptors (Lipinski definition) is 3. The van der Waals surface area contributed by atoms with Gasteiger partial charge in [-0.3, -0.25) is 9.63 Å². The Kier molecular flexibility index (Phi) is 3.67. The van der Waals surface area contributed by atoms with Crippen LogP contribution in [0.5, 0.6) is 0 Å². The molecule has 0 spiro atoms. The van der Waals surface area contributed by atoms with Gasteiger partial charge in [-0.2, -0.15) is 11.3 Å². The molecule has 0 aliphatic heterocycles. The Morgan fingerprint density at radius 3 is 3.00 bits per heavy atom. The molecule has 0 saturated heterocycles. The summed E-state index contributed by atoms with van der Waals surface area (Å²) in [5.74, 6) is -0.172. The summed E-state index contributed by atoms with van der Waals surface area (Å²) in [7, 11) is 3.02. The van der Waals surface area contributed by atoms with Crippen LogP contribution < -0.4 is 0 Å². The molecule has 0 aliphatic rings. The molecule has 1 heterocycles. The van der Waals surface area contributed by atoms with Gasteiger partial charge in [0.1, 0.15) is 0 Å². The van der Waals surface area contributed by atoms with Gasteiger partial charge in [0, 0.05) is 13.1 Å². The summed E-state index contributed by atoms with van der Waals surface area (Å²) in [6, 6.07) is 1.95. The predicted octanol–water partition coefficient (Wildman–Crippen LogP) is 1.78. The Morgan fingerprint density at radius 2 is 2.46 bits per heavy atom. The van der Waals surface area contributed by atoms with Crippen LogP contribution in [0.4, 0.5) is 0 Å². The Bertz CT molecular complexity index is 293. The summed E-state index contributed by atoms with van der Waals surface area (Å²) >= 11 is 1.60. The number of thiophene rings is 1. The molecule has 0 unspecified atom stereocenters. The lowest BCUT2D eigenvalue weighted by Crippen LogP contribution is -2.22. The fraction of sp³-hybridized carbons (Fsp3) is 0.222. The first-order valence-electron chi connectivity index (χ1n) is 3.76. The predicted molar refractivity (Wildman–Crippen MR) is 53.1 cm³/mol. The Labute approximate surface area is 81.2 Å². The number of rotatable bonds is 3. The first-order valence-corrected chi connectivity index (χ1v) is 4.70. The molecule has 13 heavy (non-hydrogen) atoms. The zero-order valence-corrected chi connectivity index (χ0v) is 8.38. The van der Waals surface area contributed by atoms with Gasteiger partial charge in [-0.05, 0) is 28.5 Å². The Morgan fingerprint density at radius 1 is 1.69 bits per heavy atom. The van der Waals surface area contributed by atoms with E-state index < -0.39 is 0 Å². The molecule has 0 aromatic carbocycles. The lowest BCUT2D eigenvalue weighted by molar-refractivity contribution is -0.162. The van der Waals surface area contributed by atoms with Crippen molar-refractivity contribution < 1.29 is 9.63 Å². The molecule has 0 bridgehead atoms. The Hall–Kier alpha value is -1.13. The molecule has 0 N–H and O–H groups in total. The highest BCUT2D eigenvalue weighted by atomic mass is 32.1. The van der Waals surface area contributed by atoms with E-state index in [0.717, 1.165) is 5.56 Å². The van der Waals surface area contributed by atoms with Crippen LogP contribution in [0.25, 0.3) is 6.08 Å². The minimum Gasteiger partial charge on any atom is -0.274 e. The van der Waals surface area contributed by atoms with Crippen molar-refractivity contribution in [1.29, 1.82) is 0 Å². The molecule has 0 saturated carbocycles. The maximum absolute atomic E-state index is 11.2. The third-order valence-corrected chi connectivity index (χ3v) is 2.25. The second-order valence-corrected chi connectivity index (χ2v) is 3.19. The van der Waals surface area contributed by atoms with Crippen LogP contribution in [0.2, 0.25) is 0 Å². The summed E-state index contributed by atoms with van der Waals surface area (Å²) in [4.78, 5) is 15.9. The fourth-order valence-corrected chi connectivity index (χ4v) is 1.36. The lowest BCUT2D eigenvalue weighted by Gasteiger charge is -2.09. The summed E-state index contributed by atoms with van der Waals surface area (Å²) < 4.78 is 0. The van der Waals surface area contributed by atoms with E-state index in [4.69, 9.17) is 4.84 Å². The van der Waals surface area contributed by atoms with Crippen LogP contribution in [0.1, 0.15) is 5.56 Å². The van der Waals surface area contributed by atoms with Gasteiger partial charge in [0.15, 0.2) is 0 Å². The molecule has 1 amide bonds. The normalized spacial score (nSPS) is 10.6. The highest BCUT2D eigenvalue weighted by Gasteiger charge is 2.01. The standard InChI is InChI=1S/C9H11NO2S/c1-10(12-2)9(11)4-3-8-5-6-13-7-8/h3-7H,1-2H3. The highest BCUT2D eigenvalue weighted by Crippen LogP contribution is 2.07. The average molecular weight is 197 g/mol. The average Bonchev–Trinajstić information content (AvgIpc) is 2.65. The van der Waals surface area contributed by atoms with E-state index in [1.807, 2.05) is 16.8 Å². The fourth-order valence-electron chi connectivity index (χ4n) is 0.732. The zero-order valence-electron chi connectivity index (χ0n) is 7.56. The van der Waals surface area contributed by atoms with Crippen molar-refractivity contribution in [1.82, 2.24) is 5.06 Å². The minimum absolute atomic E-state index is 0.172. The van der Waals surface area contributed by atoms with Crippen LogP contribution in [-0.4, -0.2) is 25.1 Å². The van der Waals surface area contributed by atoms with Crippen molar-refractivity contribution in [2.24, 2.45) is 0 Å². The number of hydrogen-bond donors (Lipinski definition) is 0. The first kappa shape index (κ1) is 9.95. The zero-order chi connectivity index (χ0) is 9.68. The van der Waals surface area contributed by atoms with Crippen molar-refractivity contribution in [2.45, 2.75) is 0 Å². The molecule has 1 aromatic heterocycles. The van der Waals surface area contributed by atoms with Crippen LogP contribution >= 0.6 is 11.3 Å². The van der Waals surface area contributed by atoms with E-state index in [9.17, 15) is 4.79 Å². The minimum atomic E-state index is -0.172. The summed E-state index contributed by atoms with van der Waals surface area (Å²) in [6.07, 6.45) is 3.24. The van der Waals surface area contributed by atoms with Crippen LogP contribution in [-0.2, 0) is 9.63 Å². The van der Waals surface area contributed by atoms with Crippen LogP contribution in [0.15, 0.2) is 22.9 Å². The van der Waals surface area contributed by atoms with Gasteiger partial charge in [-0.15, -0.1) is 0 Å². The summed E-state index contributed by atoms with van der Waals surface area (Å²) in [5.41, 5.74) is 1.03. The van der Waals surface area contributed by atoms with Gasteiger partial charge in [-0.1, -0.05) is 0 Å². The second kappa shape index (κ2) is 4.79. The molecule has 1 rings (SSSR count). The van der Waals surface area contributed by atoms with E-state index in [1.54, 1.807) is 24.5 Å². The van der Waals surface area contributed by atoms with E-state index in [2.05, 4.69) is 0 Å². The molecular formula is C9H11NO2S. The van der Waals surface area contributed by atoms with E-state index in [-0.39, 0.29) is 5.91 Å². The SMILES string of the molecule is CON(C)C(=O)C=Cc1ccsc1. The maximum Gasteiger partial charge on any atom is 0.269 e. The van der Waals surface area contributed by atoms with E-state index >= 15 is 0 Å². The monoisotopic (exact) mass is 197 g/mol. The number of carbonyl (C=O) groups excluding carboxylic acids is 1. The molecule has 4 heteroatoms. The van der Waals surface area contributed by atoms with Gasteiger partial charge in [0.25, 0.3) is 5.91 Å². The summed E-state index contributed by atoms with van der Waals surface area (Å²) in [5, 5.41) is 5.10. The number of amides is 1. The number of carbonyl (C=O) groups is 1. The maximum atomic E-state index is 11.2. The molecule has 1 aromatic rings. The van der Waals surface area contributed by atoms with Crippen molar-refractivity contribution in [3.63, 3.8) is 0 Å². The molecule has 0 radical (unpaired) electrons. The van der Waals surface area contributed by atoms with Gasteiger partial charge in [0.2, 0.25) is 0 Å². The molecule has 3 nitrogen and oxygen atoms in total. The topological polar surface area (TPSA) is 29.5 Å². The van der Waals surface area contributed by atoms with Crippen molar-refractivity contribution in [2.75, 3.05) is 14.2 Å². The molecular weight excluding hydrogens is 186 g/mol. The molecule has 0 fully saturated rings. The van der Waals surface area contributed by atoms with E-state index in [0.29, 0.717) is 0 Å². The number of hydroxylamine groups is 2. The smallest absolute Gasteiger partial charge is 0.269 e. The van der Waals surface area contributed by atoms with Crippen molar-refractivity contribution >= 4 is 23.3 Å². The largest absolute Gasteiger partial charge is 0.274 e. The third-order valence-electron chi connectivity index (χ3n) is 1.55. The third kappa shape index (κ3) is 3.01. The molecule has 0 atom stereocenters. The van der Waals surface area contributed by atoms with Crippen molar-refractivity contribution in [3.05, 3.63) is 28.5 Å². The lowest BCUT2D eigenvalue weighted by atomic mass is 10.3. The number of nitrogens with zero attached hydrogens (tertiary/aromatic N) is 1. The quantitative estimate of drug-likeness (QED) is 0.546. The van der Waals surface area contributed by atoms with Gasteiger partial charge in [-0.25, -0.2) is 5.06 Å². The van der Waals surface area contributed by atoms with Gasteiger partial charge in [0.05, 0.1) is 7.11 Å². The highest BCUT2D eigenvalue weighted by molar-refractivity contribution is 7.08. The molecule has 70 valence electrons. The first-order chi connectivity index (χ1) is 6.24. The molecule has 0 aliphatic carbocycles.